The van der Waals surface area contributed by atoms with Gasteiger partial charge in [-0.25, -0.2) is 0 Å². The Hall–Kier alpha value is -0.260. The van der Waals surface area contributed by atoms with Crippen LogP contribution >= 0.6 is 11.8 Å². The summed E-state index contributed by atoms with van der Waals surface area (Å²) in [4.78, 5) is 11.9. The molecule has 2 N–H and O–H groups in total. The Bertz CT molecular complexity index is 313. The molecule has 2 fully saturated rings. The Balaban J connectivity index is 1.69. The monoisotopic (exact) mass is 286 g/mol. The topological polar surface area (TPSA) is 50.4 Å². The molecule has 0 aromatic rings. The molecule has 1 aliphatic carbocycles. The molecule has 0 atom stereocenters. The summed E-state index contributed by atoms with van der Waals surface area (Å²) in [6.45, 7) is 4.69. The molecule has 0 radical (unpaired) electrons. The fourth-order valence-corrected chi connectivity index (χ4v) is 3.69. The van der Waals surface area contributed by atoms with Gasteiger partial charge in [0.1, 0.15) is 6.61 Å². The van der Waals surface area contributed by atoms with Crippen LogP contribution < -0.4 is 10.6 Å². The van der Waals surface area contributed by atoms with Gasteiger partial charge in [0.25, 0.3) is 0 Å². The fourth-order valence-electron chi connectivity index (χ4n) is 2.78. The molecule has 2 rings (SSSR count). The minimum atomic E-state index is -0.140. The second kappa shape index (κ2) is 6.46. The molecule has 1 saturated heterocycles. The SMILES string of the molecule is CSC1(CNC(=O)COC2(C)CNC2)CCCCC1. The number of thioether (sulfide) groups is 1. The van der Waals surface area contributed by atoms with Crippen molar-refractivity contribution in [3.05, 3.63) is 0 Å². The van der Waals surface area contributed by atoms with Crippen molar-refractivity contribution in [3.8, 4) is 0 Å². The summed E-state index contributed by atoms with van der Waals surface area (Å²) in [5.74, 6) is 0.0205. The van der Waals surface area contributed by atoms with Crippen LogP contribution in [-0.2, 0) is 9.53 Å². The van der Waals surface area contributed by atoms with Gasteiger partial charge < -0.3 is 15.4 Å². The third-order valence-corrected chi connectivity index (χ3v) is 5.77. The van der Waals surface area contributed by atoms with Crippen molar-refractivity contribution in [1.29, 1.82) is 0 Å². The lowest BCUT2D eigenvalue weighted by Gasteiger charge is -2.39. The molecule has 1 amide bonds. The lowest BCUT2D eigenvalue weighted by Crippen LogP contribution is -2.59. The maximum Gasteiger partial charge on any atom is 0.246 e. The van der Waals surface area contributed by atoms with Crippen molar-refractivity contribution < 1.29 is 9.53 Å². The molecule has 0 aromatic heterocycles. The first-order valence-electron chi connectivity index (χ1n) is 7.24. The molecule has 110 valence electrons. The first kappa shape index (κ1) is 15.1. The number of hydrogen-bond donors (Lipinski definition) is 2. The van der Waals surface area contributed by atoms with Crippen LogP contribution in [0.3, 0.4) is 0 Å². The molecule has 4 nitrogen and oxygen atoms in total. The Labute approximate surface area is 120 Å². The normalized spacial score (nSPS) is 24.5. The van der Waals surface area contributed by atoms with Gasteiger partial charge in [0, 0.05) is 24.4 Å². The average Bonchev–Trinajstić information content (AvgIpc) is 2.42. The van der Waals surface area contributed by atoms with Crippen molar-refractivity contribution >= 4 is 17.7 Å². The second-order valence-corrected chi connectivity index (χ2v) is 7.34. The molecule has 1 saturated carbocycles. The van der Waals surface area contributed by atoms with Gasteiger partial charge in [0.15, 0.2) is 0 Å². The van der Waals surface area contributed by atoms with Gasteiger partial charge in [-0.1, -0.05) is 19.3 Å². The number of carbonyl (C=O) groups excluding carboxylic acids is 1. The van der Waals surface area contributed by atoms with E-state index in [1.54, 1.807) is 0 Å². The Morgan fingerprint density at radius 2 is 2.00 bits per heavy atom. The summed E-state index contributed by atoms with van der Waals surface area (Å²) in [6.07, 6.45) is 8.52. The fraction of sp³-hybridized carbons (Fsp3) is 0.929. The van der Waals surface area contributed by atoms with Crippen LogP contribution in [0.5, 0.6) is 0 Å². The predicted octanol–water partition coefficient (Wildman–Crippen LogP) is 1.55. The van der Waals surface area contributed by atoms with Crippen molar-refractivity contribution in [2.45, 2.75) is 49.4 Å². The van der Waals surface area contributed by atoms with Gasteiger partial charge in [-0.05, 0) is 26.0 Å². The van der Waals surface area contributed by atoms with E-state index in [9.17, 15) is 4.79 Å². The summed E-state index contributed by atoms with van der Waals surface area (Å²) in [6, 6.07) is 0. The number of nitrogens with one attached hydrogen (secondary N) is 2. The van der Waals surface area contributed by atoms with E-state index in [4.69, 9.17) is 4.74 Å². The average molecular weight is 286 g/mol. The lowest BCUT2D eigenvalue weighted by molar-refractivity contribution is -0.135. The molecule has 0 spiro atoms. The highest BCUT2D eigenvalue weighted by atomic mass is 32.2. The summed E-state index contributed by atoms with van der Waals surface area (Å²) in [7, 11) is 0. The molecule has 19 heavy (non-hydrogen) atoms. The quantitative estimate of drug-likeness (QED) is 0.778. The largest absolute Gasteiger partial charge is 0.363 e. The van der Waals surface area contributed by atoms with Crippen LogP contribution in [0.1, 0.15) is 39.0 Å². The van der Waals surface area contributed by atoms with E-state index < -0.39 is 0 Å². The van der Waals surface area contributed by atoms with Gasteiger partial charge in [0.05, 0.1) is 5.60 Å². The highest BCUT2D eigenvalue weighted by molar-refractivity contribution is 8.00. The highest BCUT2D eigenvalue weighted by Gasteiger charge is 2.34. The minimum Gasteiger partial charge on any atom is -0.363 e. The standard InChI is InChI=1S/C14H26N2O2S/c1-13(9-15-10-13)18-8-12(17)16-11-14(19-2)6-4-3-5-7-14/h15H,3-11H2,1-2H3,(H,16,17). The number of amides is 1. The van der Waals surface area contributed by atoms with Crippen molar-refractivity contribution in [1.82, 2.24) is 10.6 Å². The molecule has 1 aliphatic heterocycles. The van der Waals surface area contributed by atoms with E-state index in [-0.39, 0.29) is 22.9 Å². The van der Waals surface area contributed by atoms with E-state index in [0.717, 1.165) is 19.6 Å². The molecule has 5 heteroatoms. The zero-order valence-electron chi connectivity index (χ0n) is 12.1. The number of carbonyl (C=O) groups is 1. The molecular formula is C14H26N2O2S. The third kappa shape index (κ3) is 4.10. The van der Waals surface area contributed by atoms with Crippen molar-refractivity contribution in [3.63, 3.8) is 0 Å². The molecule has 0 bridgehead atoms. The number of hydrogen-bond acceptors (Lipinski definition) is 4. The Kier molecular flexibility index (Phi) is 5.15. The van der Waals surface area contributed by atoms with E-state index in [1.807, 2.05) is 18.7 Å². The minimum absolute atomic E-state index is 0.0205. The van der Waals surface area contributed by atoms with Crippen LogP contribution in [0.25, 0.3) is 0 Å². The molecule has 0 unspecified atom stereocenters. The number of rotatable bonds is 6. The van der Waals surface area contributed by atoms with Crippen LogP contribution in [0.4, 0.5) is 0 Å². The maximum absolute atomic E-state index is 11.9. The smallest absolute Gasteiger partial charge is 0.246 e. The lowest BCUT2D eigenvalue weighted by atomic mass is 9.88. The van der Waals surface area contributed by atoms with Crippen LogP contribution in [0, 0.1) is 0 Å². The van der Waals surface area contributed by atoms with Gasteiger partial charge in [-0.3, -0.25) is 4.79 Å². The van der Waals surface area contributed by atoms with Crippen molar-refractivity contribution in [2.75, 3.05) is 32.5 Å². The molecular weight excluding hydrogens is 260 g/mol. The zero-order valence-corrected chi connectivity index (χ0v) is 12.9. The van der Waals surface area contributed by atoms with E-state index >= 15 is 0 Å². The Morgan fingerprint density at radius 1 is 1.32 bits per heavy atom. The summed E-state index contributed by atoms with van der Waals surface area (Å²) in [5.41, 5.74) is -0.140. The Morgan fingerprint density at radius 3 is 2.53 bits per heavy atom. The summed E-state index contributed by atoms with van der Waals surface area (Å²) < 4.78 is 5.91. The number of ether oxygens (including phenoxy) is 1. The zero-order chi connectivity index (χ0) is 13.8. The maximum atomic E-state index is 11.9. The van der Waals surface area contributed by atoms with Crippen LogP contribution in [-0.4, -0.2) is 48.8 Å². The van der Waals surface area contributed by atoms with Gasteiger partial charge in [-0.15, -0.1) is 0 Å². The van der Waals surface area contributed by atoms with E-state index in [1.165, 1.54) is 32.1 Å². The van der Waals surface area contributed by atoms with Gasteiger partial charge in [-0.2, -0.15) is 11.8 Å². The second-order valence-electron chi connectivity index (χ2n) is 6.07. The molecule has 1 heterocycles. The summed E-state index contributed by atoms with van der Waals surface area (Å²) >= 11 is 1.91. The van der Waals surface area contributed by atoms with E-state index in [2.05, 4.69) is 16.9 Å². The molecule has 0 aromatic carbocycles. The molecule has 2 aliphatic rings. The summed E-state index contributed by atoms with van der Waals surface area (Å²) in [5, 5.41) is 6.22. The van der Waals surface area contributed by atoms with Gasteiger partial charge >= 0.3 is 0 Å². The predicted molar refractivity (Wildman–Crippen MR) is 79.6 cm³/mol. The first-order chi connectivity index (χ1) is 9.08. The van der Waals surface area contributed by atoms with Gasteiger partial charge in [0.2, 0.25) is 5.91 Å². The van der Waals surface area contributed by atoms with Crippen LogP contribution in [0.15, 0.2) is 0 Å². The first-order valence-corrected chi connectivity index (χ1v) is 8.47. The highest BCUT2D eigenvalue weighted by Crippen LogP contribution is 2.37. The van der Waals surface area contributed by atoms with E-state index in [0.29, 0.717) is 0 Å². The third-order valence-electron chi connectivity index (χ3n) is 4.36. The van der Waals surface area contributed by atoms with Crippen LogP contribution in [0.2, 0.25) is 0 Å². The van der Waals surface area contributed by atoms with Crippen molar-refractivity contribution in [2.24, 2.45) is 0 Å².